The fourth-order valence-electron chi connectivity index (χ4n) is 4.10. The molecule has 2 aromatic carbocycles. The second-order valence-electron chi connectivity index (χ2n) is 7.91. The minimum absolute atomic E-state index is 0.00187. The molecule has 162 valence electrons. The average molecular weight is 421 g/mol. The van der Waals surface area contributed by atoms with E-state index < -0.39 is 0 Å². The maximum Gasteiger partial charge on any atom is 0.260 e. The zero-order valence-electron chi connectivity index (χ0n) is 17.5. The van der Waals surface area contributed by atoms with Crippen molar-refractivity contribution in [1.82, 2.24) is 4.90 Å². The molecule has 2 aromatic rings. The van der Waals surface area contributed by atoms with Gasteiger partial charge in [-0.15, -0.1) is 0 Å². The summed E-state index contributed by atoms with van der Waals surface area (Å²) in [6, 6.07) is 16.7. The Labute approximate surface area is 182 Å². The van der Waals surface area contributed by atoms with E-state index >= 15 is 0 Å². The largest absolute Gasteiger partial charge is 0.484 e. The number of hydrogen-bond donors (Lipinski definition) is 1. The van der Waals surface area contributed by atoms with Crippen molar-refractivity contribution in [3.8, 4) is 5.75 Å². The van der Waals surface area contributed by atoms with Crippen LogP contribution >= 0.6 is 0 Å². The molecule has 0 spiro atoms. The quantitative estimate of drug-likeness (QED) is 0.778. The van der Waals surface area contributed by atoms with Gasteiger partial charge in [-0.05, 0) is 43.5 Å². The maximum atomic E-state index is 12.9. The summed E-state index contributed by atoms with van der Waals surface area (Å²) in [5.41, 5.74) is 1.42. The number of hydrogen-bond acceptors (Lipinski definition) is 4. The molecule has 0 radical (unpaired) electrons. The molecule has 2 aliphatic rings. The Kier molecular flexibility index (Phi) is 6.50. The van der Waals surface area contributed by atoms with Crippen molar-refractivity contribution in [3.63, 3.8) is 0 Å². The Morgan fingerprint density at radius 3 is 2.39 bits per heavy atom. The van der Waals surface area contributed by atoms with Crippen LogP contribution in [0, 0.1) is 5.92 Å². The van der Waals surface area contributed by atoms with Crippen molar-refractivity contribution in [2.24, 2.45) is 5.92 Å². The van der Waals surface area contributed by atoms with E-state index in [0.29, 0.717) is 50.3 Å². The van der Waals surface area contributed by atoms with Crippen LogP contribution in [-0.4, -0.2) is 48.9 Å². The number of nitrogens with zero attached hydrogens (tertiary/aromatic N) is 2. The Balaban J connectivity index is 1.29. The van der Waals surface area contributed by atoms with Crippen molar-refractivity contribution in [3.05, 3.63) is 54.6 Å². The number of amides is 3. The van der Waals surface area contributed by atoms with Gasteiger partial charge in [-0.3, -0.25) is 14.4 Å². The van der Waals surface area contributed by atoms with Gasteiger partial charge in [-0.25, -0.2) is 0 Å². The monoisotopic (exact) mass is 421 g/mol. The van der Waals surface area contributed by atoms with Crippen LogP contribution in [0.5, 0.6) is 5.75 Å². The van der Waals surface area contributed by atoms with Gasteiger partial charge in [0.25, 0.3) is 5.91 Å². The summed E-state index contributed by atoms with van der Waals surface area (Å²) in [5.74, 6) is 0.459. The van der Waals surface area contributed by atoms with Crippen molar-refractivity contribution in [2.45, 2.75) is 25.7 Å². The Hall–Kier alpha value is -3.35. The van der Waals surface area contributed by atoms with E-state index in [0.717, 1.165) is 12.1 Å². The smallest absolute Gasteiger partial charge is 0.260 e. The van der Waals surface area contributed by atoms with Gasteiger partial charge >= 0.3 is 0 Å². The van der Waals surface area contributed by atoms with Gasteiger partial charge in [0.1, 0.15) is 5.75 Å². The molecule has 7 heteroatoms. The SMILES string of the molecule is O=C(Nc1ccccc1N1CCCC1=O)C1CCN(C(=O)COc2ccccc2)CC1. The van der Waals surface area contributed by atoms with Crippen LogP contribution in [0.2, 0.25) is 0 Å². The Morgan fingerprint density at radius 2 is 1.68 bits per heavy atom. The molecule has 0 aromatic heterocycles. The number of piperidine rings is 1. The Morgan fingerprint density at radius 1 is 0.968 bits per heavy atom. The molecule has 0 unspecified atom stereocenters. The fraction of sp³-hybridized carbons (Fsp3) is 0.375. The minimum Gasteiger partial charge on any atom is -0.484 e. The minimum atomic E-state index is -0.165. The molecule has 31 heavy (non-hydrogen) atoms. The van der Waals surface area contributed by atoms with Gasteiger partial charge in [-0.2, -0.15) is 0 Å². The van der Waals surface area contributed by atoms with Gasteiger partial charge in [0.05, 0.1) is 11.4 Å². The van der Waals surface area contributed by atoms with E-state index in [4.69, 9.17) is 4.74 Å². The summed E-state index contributed by atoms with van der Waals surface area (Å²) in [5, 5.41) is 3.01. The van der Waals surface area contributed by atoms with Crippen LogP contribution in [0.15, 0.2) is 54.6 Å². The molecule has 2 aliphatic heterocycles. The van der Waals surface area contributed by atoms with E-state index in [1.807, 2.05) is 54.6 Å². The molecule has 0 aliphatic carbocycles. The highest BCUT2D eigenvalue weighted by molar-refractivity contribution is 6.02. The highest BCUT2D eigenvalue weighted by atomic mass is 16.5. The summed E-state index contributed by atoms with van der Waals surface area (Å²) in [6.45, 7) is 1.73. The topological polar surface area (TPSA) is 79.0 Å². The highest BCUT2D eigenvalue weighted by Gasteiger charge is 2.29. The molecule has 2 fully saturated rings. The fourth-order valence-corrected chi connectivity index (χ4v) is 4.10. The van der Waals surface area contributed by atoms with Crippen molar-refractivity contribution in [2.75, 3.05) is 36.5 Å². The van der Waals surface area contributed by atoms with E-state index in [2.05, 4.69) is 5.32 Å². The predicted octanol–water partition coefficient (Wildman–Crippen LogP) is 3.07. The van der Waals surface area contributed by atoms with Gasteiger partial charge in [0.15, 0.2) is 6.61 Å². The highest BCUT2D eigenvalue weighted by Crippen LogP contribution is 2.30. The third-order valence-electron chi connectivity index (χ3n) is 5.85. The number of carbonyl (C=O) groups is 3. The van der Waals surface area contributed by atoms with Crippen molar-refractivity contribution >= 4 is 29.1 Å². The molecule has 2 heterocycles. The van der Waals surface area contributed by atoms with Gasteiger partial charge in [-0.1, -0.05) is 30.3 Å². The van der Waals surface area contributed by atoms with Gasteiger partial charge < -0.3 is 19.9 Å². The molecule has 0 bridgehead atoms. The van der Waals surface area contributed by atoms with E-state index in [1.54, 1.807) is 9.80 Å². The summed E-state index contributed by atoms with van der Waals surface area (Å²) in [7, 11) is 0. The number of anilines is 2. The molecule has 1 N–H and O–H groups in total. The number of rotatable bonds is 6. The van der Waals surface area contributed by atoms with Gasteiger partial charge in [0.2, 0.25) is 11.8 Å². The van der Waals surface area contributed by atoms with Crippen molar-refractivity contribution in [1.29, 1.82) is 0 Å². The lowest BCUT2D eigenvalue weighted by Gasteiger charge is -2.31. The second-order valence-corrected chi connectivity index (χ2v) is 7.91. The number of carbonyl (C=O) groups excluding carboxylic acids is 3. The van der Waals surface area contributed by atoms with Crippen LogP contribution in [-0.2, 0) is 14.4 Å². The molecule has 7 nitrogen and oxygen atoms in total. The molecule has 3 amide bonds. The molecular weight excluding hydrogens is 394 g/mol. The van der Waals surface area contributed by atoms with Crippen LogP contribution in [0.1, 0.15) is 25.7 Å². The molecule has 4 rings (SSSR count). The van der Waals surface area contributed by atoms with E-state index in [9.17, 15) is 14.4 Å². The summed E-state index contributed by atoms with van der Waals surface area (Å²) >= 11 is 0. The lowest BCUT2D eigenvalue weighted by Crippen LogP contribution is -2.43. The van der Waals surface area contributed by atoms with Crippen molar-refractivity contribution < 1.29 is 19.1 Å². The first kappa shape index (κ1) is 20.9. The number of benzene rings is 2. The lowest BCUT2D eigenvalue weighted by molar-refractivity contribution is -0.136. The zero-order chi connectivity index (χ0) is 21.6. The summed E-state index contributed by atoms with van der Waals surface area (Å²) in [6.07, 6.45) is 2.59. The number of ether oxygens (including phenoxy) is 1. The standard InChI is InChI=1S/C24H27N3O4/c28-22-11-6-14-27(22)21-10-5-4-9-20(21)25-24(30)18-12-15-26(16-13-18)23(29)17-31-19-7-2-1-3-8-19/h1-5,7-10,18H,6,11-17H2,(H,25,30). The predicted molar refractivity (Wildman–Crippen MR) is 118 cm³/mol. The Bertz CT molecular complexity index is 939. The normalized spacial score (nSPS) is 17.0. The zero-order valence-corrected chi connectivity index (χ0v) is 17.5. The maximum absolute atomic E-state index is 12.9. The van der Waals surface area contributed by atoms with Crippen LogP contribution in [0.25, 0.3) is 0 Å². The number of para-hydroxylation sites is 3. The third-order valence-corrected chi connectivity index (χ3v) is 5.85. The average Bonchev–Trinajstić information content (AvgIpc) is 3.24. The second kappa shape index (κ2) is 9.64. The van der Waals surface area contributed by atoms with Gasteiger partial charge in [0, 0.05) is 32.0 Å². The summed E-state index contributed by atoms with van der Waals surface area (Å²) in [4.78, 5) is 40.9. The first-order chi connectivity index (χ1) is 15.1. The molecule has 2 saturated heterocycles. The van der Waals surface area contributed by atoms with Crippen LogP contribution in [0.3, 0.4) is 0 Å². The molecule has 0 saturated carbocycles. The van der Waals surface area contributed by atoms with E-state index in [-0.39, 0.29) is 30.2 Å². The molecule has 0 atom stereocenters. The lowest BCUT2D eigenvalue weighted by atomic mass is 9.95. The first-order valence-corrected chi connectivity index (χ1v) is 10.8. The third kappa shape index (κ3) is 5.05. The summed E-state index contributed by atoms with van der Waals surface area (Å²) < 4.78 is 5.54. The molecular formula is C24H27N3O4. The van der Waals surface area contributed by atoms with Crippen LogP contribution < -0.4 is 15.0 Å². The number of likely N-dealkylation sites (tertiary alicyclic amines) is 1. The van der Waals surface area contributed by atoms with E-state index in [1.165, 1.54) is 0 Å². The van der Waals surface area contributed by atoms with Crippen LogP contribution in [0.4, 0.5) is 11.4 Å². The number of nitrogens with one attached hydrogen (secondary N) is 1. The first-order valence-electron chi connectivity index (χ1n) is 10.8.